The minimum atomic E-state index is -3.67. The van der Waals surface area contributed by atoms with Gasteiger partial charge in [0.05, 0.1) is 12.0 Å². The van der Waals surface area contributed by atoms with E-state index >= 15 is 0 Å². The summed E-state index contributed by atoms with van der Waals surface area (Å²) in [7, 11) is -2.42. The molecular formula is C19H21FN2O4S2. The number of hydrogen-bond acceptors (Lipinski definition) is 5. The van der Waals surface area contributed by atoms with Gasteiger partial charge in [-0.25, -0.2) is 17.6 Å². The van der Waals surface area contributed by atoms with E-state index in [0.29, 0.717) is 36.5 Å². The molecule has 0 radical (unpaired) electrons. The number of halogens is 1. The number of methoxy groups -OCH3 is 1. The Labute approximate surface area is 168 Å². The van der Waals surface area contributed by atoms with Crippen molar-refractivity contribution in [1.82, 2.24) is 4.31 Å². The highest BCUT2D eigenvalue weighted by atomic mass is 32.2. The van der Waals surface area contributed by atoms with Gasteiger partial charge in [0.15, 0.2) is 0 Å². The number of benzene rings is 2. The molecule has 1 atom stereocenters. The van der Waals surface area contributed by atoms with Crippen LogP contribution < -0.4 is 5.32 Å². The minimum absolute atomic E-state index is 0.0759. The quantitative estimate of drug-likeness (QED) is 0.806. The highest BCUT2D eigenvalue weighted by Gasteiger charge is 2.29. The van der Waals surface area contributed by atoms with Gasteiger partial charge in [0.2, 0.25) is 10.0 Å². The number of amides is 1. The lowest BCUT2D eigenvalue weighted by Gasteiger charge is -2.20. The molecule has 9 heteroatoms. The zero-order valence-electron chi connectivity index (χ0n) is 15.3. The zero-order valence-corrected chi connectivity index (χ0v) is 16.9. The van der Waals surface area contributed by atoms with E-state index < -0.39 is 16.1 Å². The van der Waals surface area contributed by atoms with Gasteiger partial charge in [0.1, 0.15) is 5.82 Å². The van der Waals surface area contributed by atoms with E-state index in [0.717, 1.165) is 0 Å². The van der Waals surface area contributed by atoms with Crippen LogP contribution in [0.2, 0.25) is 0 Å². The van der Waals surface area contributed by atoms with E-state index in [-0.39, 0.29) is 16.0 Å². The van der Waals surface area contributed by atoms with Crippen LogP contribution in [0.3, 0.4) is 0 Å². The molecule has 3 rings (SSSR count). The third-order valence-electron chi connectivity index (χ3n) is 4.48. The molecule has 0 aliphatic carbocycles. The minimum Gasteiger partial charge on any atom is -0.453 e. The summed E-state index contributed by atoms with van der Waals surface area (Å²) < 4.78 is 46.0. The molecule has 1 heterocycles. The molecule has 0 bridgehead atoms. The lowest BCUT2D eigenvalue weighted by atomic mass is 10.1. The number of carbonyl (C=O) groups is 1. The number of sulfonamides is 1. The third-order valence-corrected chi connectivity index (χ3v) is 7.70. The first-order valence-electron chi connectivity index (χ1n) is 8.73. The van der Waals surface area contributed by atoms with Gasteiger partial charge in [0, 0.05) is 35.3 Å². The Bertz CT molecular complexity index is 935. The van der Waals surface area contributed by atoms with Crippen molar-refractivity contribution in [2.45, 2.75) is 16.6 Å². The Balaban J connectivity index is 1.72. The number of anilines is 1. The van der Waals surface area contributed by atoms with Crippen molar-refractivity contribution in [1.29, 1.82) is 0 Å². The van der Waals surface area contributed by atoms with Crippen LogP contribution in [0.5, 0.6) is 0 Å². The van der Waals surface area contributed by atoms with Crippen LogP contribution >= 0.6 is 11.8 Å². The Morgan fingerprint density at radius 3 is 2.57 bits per heavy atom. The first kappa shape index (κ1) is 20.6. The van der Waals surface area contributed by atoms with Gasteiger partial charge >= 0.3 is 6.09 Å². The number of rotatable bonds is 4. The van der Waals surface area contributed by atoms with E-state index in [1.807, 2.05) is 0 Å². The summed E-state index contributed by atoms with van der Waals surface area (Å²) in [5.74, 6) is 0.324. The maximum Gasteiger partial charge on any atom is 0.411 e. The first-order valence-corrected chi connectivity index (χ1v) is 11.2. The van der Waals surface area contributed by atoms with Gasteiger partial charge in [0.25, 0.3) is 0 Å². The molecule has 1 saturated heterocycles. The van der Waals surface area contributed by atoms with Crippen molar-refractivity contribution >= 4 is 33.6 Å². The van der Waals surface area contributed by atoms with Gasteiger partial charge in [-0.1, -0.05) is 18.2 Å². The van der Waals surface area contributed by atoms with Crippen LogP contribution in [0.4, 0.5) is 14.9 Å². The second-order valence-electron chi connectivity index (χ2n) is 6.21. The number of nitrogens with one attached hydrogen (secondary N) is 1. The van der Waals surface area contributed by atoms with E-state index in [9.17, 15) is 17.6 Å². The lowest BCUT2D eigenvalue weighted by Crippen LogP contribution is -2.33. The fraction of sp³-hybridized carbons (Fsp3) is 0.316. The fourth-order valence-corrected chi connectivity index (χ4v) is 5.83. The van der Waals surface area contributed by atoms with Crippen molar-refractivity contribution in [2.75, 3.05) is 31.3 Å². The van der Waals surface area contributed by atoms with Crippen molar-refractivity contribution in [3.63, 3.8) is 0 Å². The standard InChI is InChI=1S/C19H21FN2O4S2/c1-26-19(23)21-14-6-8-15(9-7-14)28(24,25)22-11-10-18(27-13-12-22)16-4-2-3-5-17(16)20/h2-9,18H,10-13H2,1H3,(H,21,23). The van der Waals surface area contributed by atoms with Gasteiger partial charge in [-0.05, 0) is 36.8 Å². The Hall–Kier alpha value is -2.10. The van der Waals surface area contributed by atoms with E-state index in [4.69, 9.17) is 0 Å². The third kappa shape index (κ3) is 4.65. The highest BCUT2D eigenvalue weighted by molar-refractivity contribution is 7.99. The van der Waals surface area contributed by atoms with Gasteiger partial charge in [-0.2, -0.15) is 16.1 Å². The predicted molar refractivity (Wildman–Crippen MR) is 107 cm³/mol. The molecule has 1 aliphatic heterocycles. The van der Waals surface area contributed by atoms with Crippen LogP contribution in [0.25, 0.3) is 0 Å². The topological polar surface area (TPSA) is 75.7 Å². The molecule has 1 amide bonds. The average Bonchev–Trinajstić information content (AvgIpc) is 2.95. The number of hydrogen-bond donors (Lipinski definition) is 1. The van der Waals surface area contributed by atoms with Crippen LogP contribution in [-0.2, 0) is 14.8 Å². The van der Waals surface area contributed by atoms with Crippen molar-refractivity contribution in [2.24, 2.45) is 0 Å². The number of thioether (sulfide) groups is 1. The molecule has 6 nitrogen and oxygen atoms in total. The fourth-order valence-electron chi connectivity index (χ4n) is 3.00. The smallest absolute Gasteiger partial charge is 0.411 e. The summed E-state index contributed by atoms with van der Waals surface area (Å²) in [6.45, 7) is 0.677. The molecule has 1 fully saturated rings. The second-order valence-corrected chi connectivity index (χ2v) is 9.46. The maximum absolute atomic E-state index is 14.1. The summed E-state index contributed by atoms with van der Waals surface area (Å²) in [5.41, 5.74) is 1.06. The average molecular weight is 425 g/mol. The Morgan fingerprint density at radius 2 is 1.89 bits per heavy atom. The summed E-state index contributed by atoms with van der Waals surface area (Å²) >= 11 is 1.57. The first-order chi connectivity index (χ1) is 13.4. The van der Waals surface area contributed by atoms with Gasteiger partial charge < -0.3 is 4.74 Å². The number of ether oxygens (including phenoxy) is 1. The molecule has 0 saturated carbocycles. The molecule has 0 spiro atoms. The lowest BCUT2D eigenvalue weighted by molar-refractivity contribution is 0.187. The second kappa shape index (κ2) is 8.93. The molecule has 1 unspecified atom stereocenters. The van der Waals surface area contributed by atoms with Gasteiger partial charge in [-0.15, -0.1) is 0 Å². The number of nitrogens with zero attached hydrogens (tertiary/aromatic N) is 1. The van der Waals surface area contributed by atoms with E-state index in [2.05, 4.69) is 10.1 Å². The van der Waals surface area contributed by atoms with Crippen LogP contribution in [0.15, 0.2) is 53.4 Å². The van der Waals surface area contributed by atoms with Crippen LogP contribution in [0, 0.1) is 5.82 Å². The zero-order chi connectivity index (χ0) is 20.1. The van der Waals surface area contributed by atoms with Crippen molar-refractivity contribution < 1.29 is 22.3 Å². The highest BCUT2D eigenvalue weighted by Crippen LogP contribution is 2.36. The maximum atomic E-state index is 14.1. The van der Waals surface area contributed by atoms with E-state index in [1.54, 1.807) is 30.0 Å². The number of carbonyl (C=O) groups excluding carboxylic acids is 1. The predicted octanol–water partition coefficient (Wildman–Crippen LogP) is 3.87. The normalized spacial score (nSPS) is 18.3. The molecule has 2 aromatic carbocycles. The van der Waals surface area contributed by atoms with Crippen molar-refractivity contribution in [3.05, 3.63) is 59.9 Å². The summed E-state index contributed by atoms with van der Waals surface area (Å²) in [4.78, 5) is 11.4. The van der Waals surface area contributed by atoms with Crippen LogP contribution in [-0.4, -0.2) is 44.8 Å². The van der Waals surface area contributed by atoms with Crippen LogP contribution in [0.1, 0.15) is 17.2 Å². The SMILES string of the molecule is COC(=O)Nc1ccc(S(=O)(=O)N2CCSC(c3ccccc3F)CC2)cc1. The molecule has 28 heavy (non-hydrogen) atoms. The van der Waals surface area contributed by atoms with Crippen molar-refractivity contribution in [3.8, 4) is 0 Å². The summed E-state index contributed by atoms with van der Waals surface area (Å²) in [6, 6.07) is 12.6. The molecule has 1 aliphatic rings. The molecule has 0 aromatic heterocycles. The molecule has 2 aromatic rings. The summed E-state index contributed by atoms with van der Waals surface area (Å²) in [5, 5.41) is 2.40. The molecule has 1 N–H and O–H groups in total. The Morgan fingerprint density at radius 1 is 1.18 bits per heavy atom. The Kier molecular flexibility index (Phi) is 6.58. The largest absolute Gasteiger partial charge is 0.453 e. The molecular weight excluding hydrogens is 403 g/mol. The van der Waals surface area contributed by atoms with E-state index in [1.165, 1.54) is 41.7 Å². The monoisotopic (exact) mass is 424 g/mol. The molecule has 150 valence electrons. The summed E-state index contributed by atoms with van der Waals surface area (Å²) in [6.07, 6.45) is -0.0911. The van der Waals surface area contributed by atoms with Gasteiger partial charge in [-0.3, -0.25) is 5.32 Å².